The quantitative estimate of drug-likeness (QED) is 0.365. The van der Waals surface area contributed by atoms with E-state index < -0.39 is 0 Å². The summed E-state index contributed by atoms with van der Waals surface area (Å²) in [5.74, 6) is 0.293. The molecule has 3 nitrogen and oxygen atoms in total. The molecule has 0 aliphatic heterocycles. The highest BCUT2D eigenvalue weighted by molar-refractivity contribution is 5.91. The van der Waals surface area contributed by atoms with Gasteiger partial charge < -0.3 is 15.3 Å². The summed E-state index contributed by atoms with van der Waals surface area (Å²) in [4.78, 5) is 0. The topological polar surface area (TPSA) is 60.7 Å². The Bertz CT molecular complexity index is 1620. The fraction of sp³-hybridized carbons (Fsp3) is 0.412. The lowest BCUT2D eigenvalue weighted by Crippen LogP contribution is -2.47. The maximum Gasteiger partial charge on any atom is 0.127 e. The summed E-state index contributed by atoms with van der Waals surface area (Å²) in [7, 11) is 0. The Balaban J connectivity index is 1.85. The molecule has 0 radical (unpaired) electrons. The zero-order valence-electron chi connectivity index (χ0n) is 23.5. The van der Waals surface area contributed by atoms with Crippen LogP contribution in [0.3, 0.4) is 0 Å². The summed E-state index contributed by atoms with van der Waals surface area (Å²) in [5, 5.41) is 37.2. The number of aliphatic hydroxyl groups excluding tert-OH is 3. The standard InChI is InChI=1S/C34H38O3/c1-32(2,3)16-10-19-25-20(11-16)30(36)22-13-18(34(7,8)9)15-24-27(22)28(25)26-21(29(19)35)12-17(33(4,5)6)14-23(26)31(24)37/h10-15,25-26,35-37H,1-9H3. The van der Waals surface area contributed by atoms with E-state index in [1.165, 1.54) is 0 Å². The molecular weight excluding hydrogens is 456 g/mol. The minimum absolute atomic E-state index is 0.154. The Labute approximate surface area is 219 Å². The molecule has 0 bridgehead atoms. The largest absolute Gasteiger partial charge is 0.507 e. The molecule has 2 atom stereocenters. The Morgan fingerprint density at radius 3 is 1.54 bits per heavy atom. The molecule has 1 aromatic rings. The molecule has 0 amide bonds. The lowest BCUT2D eigenvalue weighted by molar-refractivity contribution is 0.392. The van der Waals surface area contributed by atoms with Gasteiger partial charge in [0.05, 0.1) is 0 Å². The zero-order valence-corrected chi connectivity index (χ0v) is 23.5. The fourth-order valence-corrected chi connectivity index (χ4v) is 6.47. The summed E-state index contributed by atoms with van der Waals surface area (Å²) < 4.78 is 0. The van der Waals surface area contributed by atoms with E-state index >= 15 is 0 Å². The van der Waals surface area contributed by atoms with Crippen LogP contribution in [0.15, 0.2) is 75.6 Å². The van der Waals surface area contributed by atoms with Gasteiger partial charge in [0.15, 0.2) is 0 Å². The first-order valence-corrected chi connectivity index (χ1v) is 13.4. The number of hydrogen-bond donors (Lipinski definition) is 3. The van der Waals surface area contributed by atoms with Crippen molar-refractivity contribution in [1.29, 1.82) is 0 Å². The molecule has 6 rings (SSSR count). The van der Waals surface area contributed by atoms with Crippen molar-refractivity contribution in [2.24, 2.45) is 22.7 Å². The number of allylic oxidation sites excluding steroid dienone is 9. The van der Waals surface area contributed by atoms with E-state index in [0.717, 1.165) is 60.6 Å². The van der Waals surface area contributed by atoms with Crippen LogP contribution in [0.5, 0.6) is 0 Å². The van der Waals surface area contributed by atoms with Gasteiger partial charge in [-0.05, 0) is 55.9 Å². The zero-order chi connectivity index (χ0) is 27.0. The molecular formula is C34H38O3. The van der Waals surface area contributed by atoms with Gasteiger partial charge in [-0.2, -0.15) is 0 Å². The molecule has 3 N–H and O–H groups in total. The fourth-order valence-electron chi connectivity index (χ4n) is 6.47. The highest BCUT2D eigenvalue weighted by Gasteiger charge is 2.49. The molecule has 0 heterocycles. The third kappa shape index (κ3) is 3.19. The Hall–Kier alpha value is -3.20. The second kappa shape index (κ2) is 7.01. The van der Waals surface area contributed by atoms with Crippen molar-refractivity contribution in [3.63, 3.8) is 0 Å². The summed E-state index contributed by atoms with van der Waals surface area (Å²) >= 11 is 0. The maximum absolute atomic E-state index is 11.8. The summed E-state index contributed by atoms with van der Waals surface area (Å²) in [5.41, 5.74) is 8.10. The summed E-state index contributed by atoms with van der Waals surface area (Å²) in [6, 6.07) is 4.21. The average Bonchev–Trinajstić information content (AvgIpc) is 2.79. The van der Waals surface area contributed by atoms with Gasteiger partial charge in [-0.15, -0.1) is 0 Å². The van der Waals surface area contributed by atoms with Crippen molar-refractivity contribution in [3.8, 4) is 0 Å². The predicted molar refractivity (Wildman–Crippen MR) is 151 cm³/mol. The van der Waals surface area contributed by atoms with Gasteiger partial charge in [-0.1, -0.05) is 86.6 Å². The van der Waals surface area contributed by atoms with E-state index in [1.807, 2.05) is 0 Å². The van der Waals surface area contributed by atoms with Crippen molar-refractivity contribution in [1.82, 2.24) is 0 Å². The van der Waals surface area contributed by atoms with Gasteiger partial charge in [-0.25, -0.2) is 0 Å². The number of rotatable bonds is 0. The molecule has 3 heteroatoms. The van der Waals surface area contributed by atoms with E-state index in [0.29, 0.717) is 0 Å². The second-order valence-electron chi connectivity index (χ2n) is 14.4. The van der Waals surface area contributed by atoms with Crippen LogP contribution < -0.4 is 10.4 Å². The third-order valence-corrected chi connectivity index (χ3v) is 8.74. The van der Waals surface area contributed by atoms with Gasteiger partial charge in [0.2, 0.25) is 0 Å². The number of hydrogen-bond acceptors (Lipinski definition) is 3. The minimum atomic E-state index is -0.243. The van der Waals surface area contributed by atoms with Gasteiger partial charge in [-0.3, -0.25) is 0 Å². The molecule has 2 unspecified atom stereocenters. The third-order valence-electron chi connectivity index (χ3n) is 8.74. The molecule has 192 valence electrons. The molecule has 0 saturated heterocycles. The number of benzene rings is 1. The Kier molecular flexibility index (Phi) is 4.57. The van der Waals surface area contributed by atoms with Gasteiger partial charge in [0.1, 0.15) is 17.3 Å². The van der Waals surface area contributed by atoms with Crippen molar-refractivity contribution in [3.05, 3.63) is 97.2 Å². The van der Waals surface area contributed by atoms with Crippen LogP contribution in [-0.4, -0.2) is 15.3 Å². The maximum atomic E-state index is 11.8. The van der Waals surface area contributed by atoms with E-state index in [1.54, 1.807) is 0 Å². The van der Waals surface area contributed by atoms with Crippen LogP contribution in [0.1, 0.15) is 73.4 Å². The van der Waals surface area contributed by atoms with Crippen LogP contribution in [-0.2, 0) is 5.41 Å². The molecule has 0 saturated carbocycles. The summed E-state index contributed by atoms with van der Waals surface area (Å²) in [6.45, 7) is 19.5. The van der Waals surface area contributed by atoms with Gasteiger partial charge >= 0.3 is 0 Å². The molecule has 5 aliphatic carbocycles. The first-order valence-electron chi connectivity index (χ1n) is 13.4. The van der Waals surface area contributed by atoms with Gasteiger partial charge in [0, 0.05) is 44.9 Å². The average molecular weight is 495 g/mol. The van der Waals surface area contributed by atoms with Crippen LogP contribution in [0.4, 0.5) is 0 Å². The lowest BCUT2D eigenvalue weighted by atomic mass is 9.58. The van der Waals surface area contributed by atoms with Crippen molar-refractivity contribution >= 4 is 17.1 Å². The SMILES string of the molecule is CC(C)(C)C1=CC2=C(O)C3=CC(C(C)(C)C)=CC4=C(O)c5cc(C(C)(C)C)cc6c5=C(C2C(=C1)C=6O)C34. The lowest BCUT2D eigenvalue weighted by Gasteiger charge is -2.45. The Morgan fingerprint density at radius 2 is 1.05 bits per heavy atom. The molecule has 1 aromatic carbocycles. The van der Waals surface area contributed by atoms with Crippen LogP contribution in [0, 0.1) is 22.7 Å². The molecule has 0 aromatic heterocycles. The molecule has 5 aliphatic rings. The predicted octanol–water partition coefficient (Wildman–Crippen LogP) is 6.98. The van der Waals surface area contributed by atoms with Crippen LogP contribution >= 0.6 is 0 Å². The van der Waals surface area contributed by atoms with Crippen molar-refractivity contribution < 1.29 is 15.3 Å². The molecule has 0 fully saturated rings. The Morgan fingerprint density at radius 1 is 0.568 bits per heavy atom. The van der Waals surface area contributed by atoms with Crippen molar-refractivity contribution in [2.45, 2.75) is 67.7 Å². The molecule has 0 spiro atoms. The normalized spacial score (nSPS) is 24.5. The molecule has 37 heavy (non-hydrogen) atoms. The van der Waals surface area contributed by atoms with Crippen LogP contribution in [0.2, 0.25) is 0 Å². The first kappa shape index (κ1) is 24.2. The second-order valence-corrected chi connectivity index (χ2v) is 14.4. The minimum Gasteiger partial charge on any atom is -0.507 e. The summed E-state index contributed by atoms with van der Waals surface area (Å²) in [6.07, 6.45) is 8.51. The van der Waals surface area contributed by atoms with E-state index in [4.69, 9.17) is 0 Å². The number of aliphatic hydroxyl groups is 3. The highest BCUT2D eigenvalue weighted by Crippen LogP contribution is 2.57. The smallest absolute Gasteiger partial charge is 0.127 e. The van der Waals surface area contributed by atoms with Gasteiger partial charge in [0.25, 0.3) is 0 Å². The van der Waals surface area contributed by atoms with Crippen molar-refractivity contribution in [2.75, 3.05) is 0 Å². The highest BCUT2D eigenvalue weighted by atomic mass is 16.3. The van der Waals surface area contributed by atoms with E-state index in [2.05, 4.69) is 98.8 Å². The first-order chi connectivity index (χ1) is 17.0. The van der Waals surface area contributed by atoms with E-state index in [9.17, 15) is 15.3 Å². The van der Waals surface area contributed by atoms with E-state index in [-0.39, 0.29) is 45.4 Å². The van der Waals surface area contributed by atoms with Crippen LogP contribution in [0.25, 0.3) is 17.1 Å². The monoisotopic (exact) mass is 494 g/mol.